The number of ether oxygens (including phenoxy) is 4. The SMILES string of the molecule is C/C=C(\CC)OC1CCC1.C=CC(=C)Cc1c(OC2CC(O)CC(CO)O2)nn(C2CCOC2)c1C. The van der Waals surface area contributed by atoms with Gasteiger partial charge in [0.15, 0.2) is 0 Å². The Kier molecular flexibility index (Phi) is 11.0. The molecule has 2 saturated heterocycles. The molecule has 1 aliphatic carbocycles. The third kappa shape index (κ3) is 7.68. The van der Waals surface area contributed by atoms with E-state index in [1.807, 2.05) is 18.5 Å². The van der Waals surface area contributed by atoms with Gasteiger partial charge in [-0.15, -0.1) is 5.10 Å². The molecule has 4 unspecified atom stereocenters. The van der Waals surface area contributed by atoms with Gasteiger partial charge in [0.1, 0.15) is 0 Å². The second-order valence-electron chi connectivity index (χ2n) is 9.76. The zero-order chi connectivity index (χ0) is 26.1. The molecule has 2 N–H and O–H groups in total. The van der Waals surface area contributed by atoms with Crippen LogP contribution >= 0.6 is 0 Å². The van der Waals surface area contributed by atoms with Gasteiger partial charge in [0.2, 0.25) is 12.2 Å². The minimum Gasteiger partial charge on any atom is -0.495 e. The molecule has 8 nitrogen and oxygen atoms in total. The maximum Gasteiger partial charge on any atom is 0.238 e. The smallest absolute Gasteiger partial charge is 0.238 e. The van der Waals surface area contributed by atoms with Gasteiger partial charge in [-0.25, -0.2) is 0 Å². The van der Waals surface area contributed by atoms with Crippen LogP contribution in [0.3, 0.4) is 0 Å². The molecule has 0 amide bonds. The summed E-state index contributed by atoms with van der Waals surface area (Å²) in [6, 6.07) is 0.186. The Morgan fingerprint density at radius 3 is 2.61 bits per heavy atom. The van der Waals surface area contributed by atoms with Crippen molar-refractivity contribution in [2.24, 2.45) is 0 Å². The molecule has 0 spiro atoms. The van der Waals surface area contributed by atoms with Gasteiger partial charge in [0.25, 0.3) is 0 Å². The van der Waals surface area contributed by atoms with Crippen molar-refractivity contribution in [3.8, 4) is 5.88 Å². The number of hydrogen-bond donors (Lipinski definition) is 2. The fourth-order valence-electron chi connectivity index (χ4n) is 4.52. The molecule has 36 heavy (non-hydrogen) atoms. The Morgan fingerprint density at radius 2 is 2.06 bits per heavy atom. The molecule has 3 heterocycles. The summed E-state index contributed by atoms with van der Waals surface area (Å²) < 4.78 is 24.8. The summed E-state index contributed by atoms with van der Waals surface area (Å²) in [5.74, 6) is 1.64. The molecule has 1 saturated carbocycles. The van der Waals surface area contributed by atoms with E-state index in [4.69, 9.17) is 18.9 Å². The summed E-state index contributed by atoms with van der Waals surface area (Å²) in [4.78, 5) is 0. The van der Waals surface area contributed by atoms with Gasteiger partial charge < -0.3 is 29.2 Å². The number of rotatable bonds is 10. The van der Waals surface area contributed by atoms with Gasteiger partial charge in [-0.05, 0) is 45.6 Å². The summed E-state index contributed by atoms with van der Waals surface area (Å²) in [5, 5.41) is 24.0. The summed E-state index contributed by atoms with van der Waals surface area (Å²) in [6.45, 7) is 15.2. The Hall–Kier alpha value is -2.13. The number of hydrogen-bond acceptors (Lipinski definition) is 7. The predicted octanol–water partition coefficient (Wildman–Crippen LogP) is 4.54. The van der Waals surface area contributed by atoms with E-state index < -0.39 is 18.5 Å². The number of aromatic nitrogens is 2. The number of allylic oxidation sites excluding steroid dienone is 4. The number of aliphatic hydroxyl groups is 2. The van der Waals surface area contributed by atoms with E-state index in [1.165, 1.54) is 19.3 Å². The second kappa shape index (κ2) is 14.0. The maximum absolute atomic E-state index is 10.0. The molecule has 3 aliphatic rings. The van der Waals surface area contributed by atoms with Crippen LogP contribution in [0.15, 0.2) is 36.6 Å². The van der Waals surface area contributed by atoms with Crippen molar-refractivity contribution in [3.63, 3.8) is 0 Å². The van der Waals surface area contributed by atoms with Crippen LogP contribution in [0.25, 0.3) is 0 Å². The van der Waals surface area contributed by atoms with Gasteiger partial charge in [-0.3, -0.25) is 4.68 Å². The minimum absolute atomic E-state index is 0.149. The monoisotopic (exact) mass is 504 g/mol. The number of aliphatic hydroxyl groups excluding tert-OH is 2. The van der Waals surface area contributed by atoms with Crippen LogP contribution in [0.1, 0.15) is 76.1 Å². The highest BCUT2D eigenvalue weighted by atomic mass is 16.7. The predicted molar refractivity (Wildman–Crippen MR) is 139 cm³/mol. The lowest BCUT2D eigenvalue weighted by molar-refractivity contribution is -0.186. The van der Waals surface area contributed by atoms with Crippen LogP contribution in [0.2, 0.25) is 0 Å². The largest absolute Gasteiger partial charge is 0.495 e. The summed E-state index contributed by atoms with van der Waals surface area (Å²) in [5.41, 5.74) is 2.82. The molecular weight excluding hydrogens is 460 g/mol. The van der Waals surface area contributed by atoms with Crippen LogP contribution in [-0.4, -0.2) is 64.4 Å². The average Bonchev–Trinajstić information content (AvgIpc) is 3.48. The summed E-state index contributed by atoms with van der Waals surface area (Å²) in [6.07, 6.45) is 9.85. The molecule has 2 aliphatic heterocycles. The van der Waals surface area contributed by atoms with E-state index in [1.54, 1.807) is 6.08 Å². The Bertz CT molecular complexity index is 885. The summed E-state index contributed by atoms with van der Waals surface area (Å²) in [7, 11) is 0. The third-order valence-corrected chi connectivity index (χ3v) is 7.01. The average molecular weight is 505 g/mol. The second-order valence-corrected chi connectivity index (χ2v) is 9.76. The maximum atomic E-state index is 10.0. The zero-order valence-electron chi connectivity index (χ0n) is 22.2. The highest BCUT2D eigenvalue weighted by Crippen LogP contribution is 2.32. The lowest BCUT2D eigenvalue weighted by Crippen LogP contribution is -2.40. The Balaban J connectivity index is 0.000000303. The van der Waals surface area contributed by atoms with Gasteiger partial charge in [0, 0.05) is 43.5 Å². The van der Waals surface area contributed by atoms with Crippen molar-refractivity contribution < 1.29 is 29.2 Å². The van der Waals surface area contributed by atoms with Crippen LogP contribution in [-0.2, 0) is 20.6 Å². The van der Waals surface area contributed by atoms with Gasteiger partial charge in [0.05, 0.1) is 43.3 Å². The van der Waals surface area contributed by atoms with E-state index in [2.05, 4.69) is 31.3 Å². The first-order valence-electron chi connectivity index (χ1n) is 13.3. The van der Waals surface area contributed by atoms with Gasteiger partial charge in [-0.1, -0.05) is 31.7 Å². The lowest BCUT2D eigenvalue weighted by atomic mass is 9.96. The molecule has 8 heteroatoms. The fourth-order valence-corrected chi connectivity index (χ4v) is 4.52. The molecular formula is C28H44N2O6. The van der Waals surface area contributed by atoms with Crippen LogP contribution < -0.4 is 4.74 Å². The van der Waals surface area contributed by atoms with E-state index in [-0.39, 0.29) is 12.6 Å². The van der Waals surface area contributed by atoms with E-state index in [0.29, 0.717) is 37.9 Å². The highest BCUT2D eigenvalue weighted by molar-refractivity contribution is 5.37. The Labute approximate surface area is 215 Å². The van der Waals surface area contributed by atoms with E-state index in [9.17, 15) is 10.2 Å². The quantitative estimate of drug-likeness (QED) is 0.357. The molecule has 0 radical (unpaired) electrons. The zero-order valence-corrected chi connectivity index (χ0v) is 22.2. The first-order valence-corrected chi connectivity index (χ1v) is 13.3. The van der Waals surface area contributed by atoms with E-state index in [0.717, 1.165) is 42.0 Å². The highest BCUT2D eigenvalue weighted by Gasteiger charge is 2.32. The standard InChI is InChI=1S/C19H28N2O5.C9H16O/c1-4-12(2)7-17-13(3)21(14-5-6-24-11-14)20-19(17)26-18-9-15(23)8-16(10-22)25-18;1-3-8(4-2)10-9-6-5-7-9/h4,14-16,18,22-23H,1-2,5-11H2,3H3;3,9H,4-7H2,1-2H3/b;8-3+. The number of nitrogens with zero attached hydrogens (tertiary/aromatic N) is 2. The first kappa shape index (κ1) is 28.4. The van der Waals surface area contributed by atoms with E-state index >= 15 is 0 Å². The van der Waals surface area contributed by atoms with Crippen LogP contribution in [0.4, 0.5) is 0 Å². The topological polar surface area (TPSA) is 95.2 Å². The third-order valence-electron chi connectivity index (χ3n) is 7.01. The van der Waals surface area contributed by atoms with Gasteiger partial charge >= 0.3 is 0 Å². The molecule has 1 aromatic heterocycles. The van der Waals surface area contributed by atoms with Crippen LogP contribution in [0.5, 0.6) is 5.88 Å². The van der Waals surface area contributed by atoms with Crippen molar-refractivity contribution in [3.05, 3.63) is 47.9 Å². The molecule has 0 bridgehead atoms. The lowest BCUT2D eigenvalue weighted by Gasteiger charge is -2.31. The normalized spacial score (nSPS) is 26.5. The molecule has 202 valence electrons. The molecule has 4 rings (SSSR count). The van der Waals surface area contributed by atoms with Crippen LogP contribution in [0, 0.1) is 6.92 Å². The van der Waals surface area contributed by atoms with Crippen molar-refractivity contribution in [2.75, 3.05) is 19.8 Å². The first-order chi connectivity index (χ1) is 17.4. The Morgan fingerprint density at radius 1 is 1.28 bits per heavy atom. The van der Waals surface area contributed by atoms with Gasteiger partial charge in [-0.2, -0.15) is 0 Å². The fraction of sp³-hybridized carbons (Fsp3) is 0.679. The van der Waals surface area contributed by atoms with Crippen molar-refractivity contribution in [1.82, 2.24) is 9.78 Å². The minimum atomic E-state index is -0.644. The summed E-state index contributed by atoms with van der Waals surface area (Å²) >= 11 is 0. The van der Waals surface area contributed by atoms with Crippen molar-refractivity contribution in [2.45, 2.75) is 103 Å². The van der Waals surface area contributed by atoms with Crippen molar-refractivity contribution >= 4 is 0 Å². The molecule has 1 aromatic rings. The molecule has 3 fully saturated rings. The molecule has 4 atom stereocenters. The molecule has 0 aromatic carbocycles. The van der Waals surface area contributed by atoms with Crippen molar-refractivity contribution in [1.29, 1.82) is 0 Å².